The molecule has 134 valence electrons. The number of thioether (sulfide) groups is 1. The van der Waals surface area contributed by atoms with Gasteiger partial charge in [0.2, 0.25) is 5.91 Å². The summed E-state index contributed by atoms with van der Waals surface area (Å²) in [6.07, 6.45) is -0.0340. The number of carbonyl (C=O) groups is 1. The minimum absolute atomic E-state index is 0.0723. The van der Waals surface area contributed by atoms with Gasteiger partial charge in [0.05, 0.1) is 31.1 Å². The number of ether oxygens (including phenoxy) is 1. The summed E-state index contributed by atoms with van der Waals surface area (Å²) >= 11 is 3.10. The number of aliphatic hydroxyl groups excluding tert-OH is 1. The van der Waals surface area contributed by atoms with Gasteiger partial charge < -0.3 is 14.7 Å². The number of thiophene rings is 1. The number of hydrogen-bond acceptors (Lipinski definition) is 5. The zero-order chi connectivity index (χ0) is 17.6. The third-order valence-corrected chi connectivity index (χ3v) is 6.27. The number of nitrogens with zero attached hydrogens (tertiary/aromatic N) is 1. The lowest BCUT2D eigenvalue weighted by atomic mass is 10.1. The lowest BCUT2D eigenvalue weighted by molar-refractivity contribution is -0.138. The Hall–Kier alpha value is -1.34. The number of aryl methyl sites for hydroxylation is 1. The van der Waals surface area contributed by atoms with Gasteiger partial charge in [-0.3, -0.25) is 4.79 Å². The maximum atomic E-state index is 12.7. The Morgan fingerprint density at radius 1 is 1.40 bits per heavy atom. The van der Waals surface area contributed by atoms with Crippen molar-refractivity contribution in [3.05, 3.63) is 52.2 Å². The van der Waals surface area contributed by atoms with E-state index < -0.39 is 6.10 Å². The Kier molecular flexibility index (Phi) is 6.53. The topological polar surface area (TPSA) is 49.8 Å². The van der Waals surface area contributed by atoms with Gasteiger partial charge in [0.15, 0.2) is 0 Å². The van der Waals surface area contributed by atoms with Gasteiger partial charge in [-0.05, 0) is 30.5 Å². The van der Waals surface area contributed by atoms with Gasteiger partial charge in [0, 0.05) is 22.7 Å². The van der Waals surface area contributed by atoms with Crippen LogP contribution in [0.4, 0.5) is 0 Å². The number of benzene rings is 1. The van der Waals surface area contributed by atoms with E-state index in [-0.39, 0.29) is 11.9 Å². The first kappa shape index (κ1) is 18.5. The van der Waals surface area contributed by atoms with Crippen LogP contribution in [0.25, 0.3) is 0 Å². The van der Waals surface area contributed by atoms with Crippen LogP contribution in [0.2, 0.25) is 0 Å². The van der Waals surface area contributed by atoms with Crippen molar-refractivity contribution in [3.8, 4) is 0 Å². The largest absolute Gasteiger partial charge is 0.387 e. The predicted octanol–water partition coefficient (Wildman–Crippen LogP) is 3.50. The van der Waals surface area contributed by atoms with Crippen molar-refractivity contribution < 1.29 is 14.6 Å². The van der Waals surface area contributed by atoms with Crippen molar-refractivity contribution in [2.75, 3.05) is 25.5 Å². The second kappa shape index (κ2) is 8.85. The fourth-order valence-corrected chi connectivity index (χ4v) is 4.40. The first-order valence-electron chi connectivity index (χ1n) is 8.41. The number of aliphatic hydroxyl groups is 1. The molecule has 0 spiro atoms. The van der Waals surface area contributed by atoms with E-state index in [0.717, 1.165) is 9.77 Å². The molecule has 2 aromatic rings. The molecule has 1 saturated heterocycles. The number of carbonyl (C=O) groups excluding carboxylic acids is 1. The highest BCUT2D eigenvalue weighted by atomic mass is 32.2. The molecular formula is C19H23NO3S2. The van der Waals surface area contributed by atoms with Gasteiger partial charge in [0.1, 0.15) is 0 Å². The smallest absolute Gasteiger partial charge is 0.233 e. The SMILES string of the molecule is Cc1ccc(SCC(=O)N2CCOCC2CC(O)c2cccs2)cc1. The molecule has 1 aliphatic rings. The highest BCUT2D eigenvalue weighted by Gasteiger charge is 2.29. The van der Waals surface area contributed by atoms with E-state index in [1.807, 2.05) is 34.5 Å². The van der Waals surface area contributed by atoms with Crippen molar-refractivity contribution in [1.82, 2.24) is 4.90 Å². The Morgan fingerprint density at radius 2 is 2.20 bits per heavy atom. The Morgan fingerprint density at radius 3 is 2.92 bits per heavy atom. The molecule has 2 heterocycles. The maximum absolute atomic E-state index is 12.7. The zero-order valence-corrected chi connectivity index (χ0v) is 15.9. The lowest BCUT2D eigenvalue weighted by Crippen LogP contribution is -2.49. The summed E-state index contributed by atoms with van der Waals surface area (Å²) in [5, 5.41) is 12.4. The maximum Gasteiger partial charge on any atom is 0.233 e. The Bertz CT molecular complexity index is 672. The van der Waals surface area contributed by atoms with E-state index in [9.17, 15) is 9.90 Å². The van der Waals surface area contributed by atoms with Crippen LogP contribution in [0, 0.1) is 6.92 Å². The van der Waals surface area contributed by atoms with E-state index in [1.165, 1.54) is 16.9 Å². The fraction of sp³-hybridized carbons (Fsp3) is 0.421. The number of amides is 1. The van der Waals surface area contributed by atoms with Gasteiger partial charge in [-0.15, -0.1) is 23.1 Å². The van der Waals surface area contributed by atoms with Crippen LogP contribution >= 0.6 is 23.1 Å². The lowest BCUT2D eigenvalue weighted by Gasteiger charge is -2.36. The van der Waals surface area contributed by atoms with E-state index >= 15 is 0 Å². The summed E-state index contributed by atoms with van der Waals surface area (Å²) in [6, 6.07) is 12.0. The minimum atomic E-state index is -0.549. The molecule has 0 aliphatic carbocycles. The van der Waals surface area contributed by atoms with Gasteiger partial charge in [-0.1, -0.05) is 23.8 Å². The number of morpholine rings is 1. The van der Waals surface area contributed by atoms with E-state index in [4.69, 9.17) is 4.74 Å². The van der Waals surface area contributed by atoms with Crippen LogP contribution < -0.4 is 0 Å². The number of hydrogen-bond donors (Lipinski definition) is 1. The molecule has 1 aromatic heterocycles. The average molecular weight is 378 g/mol. The van der Waals surface area contributed by atoms with Gasteiger partial charge in [-0.25, -0.2) is 0 Å². The van der Waals surface area contributed by atoms with Crippen molar-refractivity contribution >= 4 is 29.0 Å². The molecule has 1 amide bonds. The molecule has 1 aromatic carbocycles. The Balaban J connectivity index is 1.57. The van der Waals surface area contributed by atoms with E-state index in [0.29, 0.717) is 31.9 Å². The van der Waals surface area contributed by atoms with Crippen molar-refractivity contribution in [2.24, 2.45) is 0 Å². The highest BCUT2D eigenvalue weighted by molar-refractivity contribution is 8.00. The van der Waals surface area contributed by atoms with Crippen LogP contribution in [-0.2, 0) is 9.53 Å². The van der Waals surface area contributed by atoms with Crippen LogP contribution in [-0.4, -0.2) is 47.5 Å². The van der Waals surface area contributed by atoms with Crippen molar-refractivity contribution in [3.63, 3.8) is 0 Å². The average Bonchev–Trinajstić information content (AvgIpc) is 3.16. The summed E-state index contributed by atoms with van der Waals surface area (Å²) in [5.74, 6) is 0.520. The van der Waals surface area contributed by atoms with Crippen LogP contribution in [0.15, 0.2) is 46.7 Å². The third-order valence-electron chi connectivity index (χ3n) is 4.30. The molecule has 1 fully saturated rings. The summed E-state index contributed by atoms with van der Waals surface area (Å²) in [7, 11) is 0. The standard InChI is InChI=1S/C19H23NO3S2/c1-14-4-6-16(7-5-14)25-13-19(22)20-8-9-23-12-15(20)11-17(21)18-3-2-10-24-18/h2-7,10,15,17,21H,8-9,11-13H2,1H3. The molecule has 3 rings (SSSR count). The molecule has 1 N–H and O–H groups in total. The van der Waals surface area contributed by atoms with Gasteiger partial charge in [-0.2, -0.15) is 0 Å². The molecule has 0 saturated carbocycles. The summed E-state index contributed by atoms with van der Waals surface area (Å²) in [4.78, 5) is 16.6. The predicted molar refractivity (Wildman–Crippen MR) is 102 cm³/mol. The molecule has 1 aliphatic heterocycles. The van der Waals surface area contributed by atoms with Gasteiger partial charge in [0.25, 0.3) is 0 Å². The van der Waals surface area contributed by atoms with Gasteiger partial charge >= 0.3 is 0 Å². The molecule has 0 bridgehead atoms. The summed E-state index contributed by atoms with van der Waals surface area (Å²) < 4.78 is 5.55. The minimum Gasteiger partial charge on any atom is -0.387 e. The molecule has 4 nitrogen and oxygen atoms in total. The Labute approximate surface area is 156 Å². The second-order valence-electron chi connectivity index (χ2n) is 6.18. The third kappa shape index (κ3) is 5.07. The molecule has 25 heavy (non-hydrogen) atoms. The first-order valence-corrected chi connectivity index (χ1v) is 10.3. The molecule has 2 atom stereocenters. The van der Waals surface area contributed by atoms with Crippen molar-refractivity contribution in [2.45, 2.75) is 30.4 Å². The van der Waals surface area contributed by atoms with Crippen LogP contribution in [0.3, 0.4) is 0 Å². The van der Waals surface area contributed by atoms with Crippen LogP contribution in [0.5, 0.6) is 0 Å². The zero-order valence-electron chi connectivity index (χ0n) is 14.3. The highest BCUT2D eigenvalue weighted by Crippen LogP contribution is 2.27. The van der Waals surface area contributed by atoms with Crippen molar-refractivity contribution in [1.29, 1.82) is 0 Å². The summed E-state index contributed by atoms with van der Waals surface area (Å²) in [5.41, 5.74) is 1.21. The van der Waals surface area contributed by atoms with E-state index in [1.54, 1.807) is 11.8 Å². The number of rotatable bonds is 6. The first-order chi connectivity index (χ1) is 12.1. The molecule has 2 unspecified atom stereocenters. The molecule has 0 radical (unpaired) electrons. The molecular weight excluding hydrogens is 354 g/mol. The second-order valence-corrected chi connectivity index (χ2v) is 8.21. The molecule has 6 heteroatoms. The fourth-order valence-electron chi connectivity index (χ4n) is 2.90. The van der Waals surface area contributed by atoms with Crippen LogP contribution in [0.1, 0.15) is 23.0 Å². The van der Waals surface area contributed by atoms with E-state index in [2.05, 4.69) is 19.1 Å². The monoisotopic (exact) mass is 377 g/mol. The normalized spacial score (nSPS) is 19.0. The quantitative estimate of drug-likeness (QED) is 0.783. The summed E-state index contributed by atoms with van der Waals surface area (Å²) in [6.45, 7) is 3.70.